The van der Waals surface area contributed by atoms with Crippen LogP contribution in [-0.2, 0) is 14.3 Å². The van der Waals surface area contributed by atoms with Crippen molar-refractivity contribution in [1.29, 1.82) is 0 Å². The number of nitrogens with zero attached hydrogens (tertiary/aromatic N) is 1. The molecule has 2 amide bonds. The number of carbonyl (C=O) groups is 2. The Balaban J connectivity index is 2.22. The Morgan fingerprint density at radius 2 is 1.71 bits per heavy atom. The van der Waals surface area contributed by atoms with Gasteiger partial charge in [-0.2, -0.15) is 0 Å². The highest BCUT2D eigenvalue weighted by Crippen LogP contribution is 2.55. The fourth-order valence-electron chi connectivity index (χ4n) is 4.98. The highest BCUT2D eigenvalue weighted by atomic mass is 16.5. The summed E-state index contributed by atoms with van der Waals surface area (Å²) in [6.45, 7) is 18.3. The van der Waals surface area contributed by atoms with Crippen LogP contribution in [0, 0.1) is 29.1 Å². The molecule has 6 heteroatoms. The zero-order valence-electron chi connectivity index (χ0n) is 21.2. The third-order valence-electron chi connectivity index (χ3n) is 7.23. The second kappa shape index (κ2) is 9.78. The van der Waals surface area contributed by atoms with Crippen molar-refractivity contribution in [2.45, 2.75) is 85.6 Å². The Bertz CT molecular complexity index is 681. The van der Waals surface area contributed by atoms with Crippen LogP contribution in [0.5, 0.6) is 0 Å². The van der Waals surface area contributed by atoms with Gasteiger partial charge in [0.1, 0.15) is 0 Å². The average molecular weight is 431 g/mol. The van der Waals surface area contributed by atoms with E-state index in [-0.39, 0.29) is 51.8 Å². The fourth-order valence-corrected chi connectivity index (χ4v) is 4.98. The first kappa shape index (κ1) is 26.1. The summed E-state index contributed by atoms with van der Waals surface area (Å²) in [5.41, 5.74) is -0.172. The second-order valence-corrected chi connectivity index (χ2v) is 11.8. The molecule has 4 unspecified atom stereocenters. The van der Waals surface area contributed by atoms with Crippen molar-refractivity contribution in [2.75, 3.05) is 20.2 Å². The lowest BCUT2D eigenvalue weighted by Gasteiger charge is -2.35. The first-order valence-electron chi connectivity index (χ1n) is 11.9. The molecule has 2 aliphatic rings. The van der Waals surface area contributed by atoms with Crippen molar-refractivity contribution < 1.29 is 14.3 Å². The molecular formula is C25H44BN2O3. The minimum absolute atomic E-state index is 0.00384. The van der Waals surface area contributed by atoms with E-state index in [1.54, 1.807) is 0 Å². The molecule has 0 spiro atoms. The SMILES string of the molecule is CCC(C)(C)C1CC(/C=C\CNC)C2C(=O)N([B]C(C)(C)CCOC(C)(C)C)C(=O)C21. The molecule has 31 heavy (non-hydrogen) atoms. The van der Waals surface area contributed by atoms with Crippen molar-refractivity contribution in [1.82, 2.24) is 10.1 Å². The summed E-state index contributed by atoms with van der Waals surface area (Å²) in [4.78, 5) is 28.5. The molecule has 1 saturated heterocycles. The summed E-state index contributed by atoms with van der Waals surface area (Å²) in [5, 5.41) is 2.82. The van der Waals surface area contributed by atoms with Crippen LogP contribution in [0.15, 0.2) is 12.2 Å². The molecule has 1 aliphatic heterocycles. The molecule has 1 heterocycles. The number of fused-ring (bicyclic) bond motifs is 1. The molecule has 1 saturated carbocycles. The summed E-state index contributed by atoms with van der Waals surface area (Å²) in [7, 11) is 3.78. The Morgan fingerprint density at radius 1 is 1.10 bits per heavy atom. The van der Waals surface area contributed by atoms with Crippen LogP contribution in [-0.4, -0.2) is 49.8 Å². The van der Waals surface area contributed by atoms with Crippen LogP contribution in [0.4, 0.5) is 0 Å². The highest BCUT2D eigenvalue weighted by molar-refractivity contribution is 6.47. The minimum atomic E-state index is -0.303. The zero-order chi connectivity index (χ0) is 23.6. The fraction of sp³-hybridized carbons (Fsp3) is 0.840. The topological polar surface area (TPSA) is 58.6 Å². The highest BCUT2D eigenvalue weighted by Gasteiger charge is 2.60. The lowest BCUT2D eigenvalue weighted by atomic mass is 9.59. The van der Waals surface area contributed by atoms with E-state index in [9.17, 15) is 9.59 Å². The standard InChI is InChI=1S/C25H44BN2O3/c1-10-24(5,6)18-16-17(12-11-14-27-9)19-20(18)22(30)28(21(19)29)26-25(7,8)13-15-31-23(2,3)4/h11-12,17-20,27H,10,13-16H2,1-9H3/b12-11-. The summed E-state index contributed by atoms with van der Waals surface area (Å²) in [6.07, 6.45) is 6.92. The number of likely N-dealkylation sites (N-methyl/N-ethyl adjacent to an activating group) is 1. The normalized spacial score (nSPS) is 27.5. The van der Waals surface area contributed by atoms with Gasteiger partial charge in [-0.05, 0) is 63.2 Å². The van der Waals surface area contributed by atoms with E-state index in [4.69, 9.17) is 4.74 Å². The number of carbonyl (C=O) groups excluding carboxylic acids is 2. The van der Waals surface area contributed by atoms with Gasteiger partial charge in [-0.25, -0.2) is 0 Å². The van der Waals surface area contributed by atoms with Crippen LogP contribution < -0.4 is 5.32 Å². The van der Waals surface area contributed by atoms with E-state index >= 15 is 0 Å². The predicted octanol–water partition coefficient (Wildman–Crippen LogP) is 4.46. The van der Waals surface area contributed by atoms with Gasteiger partial charge < -0.3 is 14.9 Å². The van der Waals surface area contributed by atoms with E-state index in [1.807, 2.05) is 35.2 Å². The Morgan fingerprint density at radius 3 is 2.26 bits per heavy atom. The number of hydrogen-bond acceptors (Lipinski definition) is 4. The Hall–Kier alpha value is -1.14. The van der Waals surface area contributed by atoms with Crippen molar-refractivity contribution in [3.63, 3.8) is 0 Å². The second-order valence-electron chi connectivity index (χ2n) is 11.8. The number of nitrogens with one attached hydrogen (secondary N) is 1. The number of imide groups is 1. The molecule has 5 nitrogen and oxygen atoms in total. The number of rotatable bonds is 10. The Kier molecular flexibility index (Phi) is 8.24. The summed E-state index contributed by atoms with van der Waals surface area (Å²) in [5.74, 6) is -0.145. The smallest absolute Gasteiger partial charge is 0.266 e. The van der Waals surface area contributed by atoms with Crippen LogP contribution in [0.25, 0.3) is 0 Å². The molecule has 175 valence electrons. The first-order chi connectivity index (χ1) is 14.2. The molecule has 1 aliphatic carbocycles. The molecule has 2 fully saturated rings. The Labute approximate surface area is 191 Å². The summed E-state index contributed by atoms with van der Waals surface area (Å²) >= 11 is 0. The van der Waals surface area contributed by atoms with E-state index < -0.39 is 0 Å². The average Bonchev–Trinajstić information content (AvgIpc) is 3.14. The van der Waals surface area contributed by atoms with E-state index in [1.165, 1.54) is 4.81 Å². The van der Waals surface area contributed by atoms with Crippen molar-refractivity contribution >= 4 is 19.2 Å². The summed E-state index contributed by atoms with van der Waals surface area (Å²) < 4.78 is 5.88. The summed E-state index contributed by atoms with van der Waals surface area (Å²) in [6, 6.07) is 0. The number of allylic oxidation sites excluding steroid dienone is 1. The molecular weight excluding hydrogens is 387 g/mol. The molecule has 2 rings (SSSR count). The molecule has 0 aromatic rings. The maximum absolute atomic E-state index is 13.6. The van der Waals surface area contributed by atoms with E-state index in [2.05, 4.69) is 52.1 Å². The van der Waals surface area contributed by atoms with Gasteiger partial charge in [0.05, 0.1) is 17.4 Å². The molecule has 0 aromatic heterocycles. The molecule has 1 N–H and O–H groups in total. The van der Waals surface area contributed by atoms with E-state index in [0.29, 0.717) is 6.61 Å². The zero-order valence-corrected chi connectivity index (χ0v) is 21.2. The van der Waals surface area contributed by atoms with Crippen LogP contribution >= 0.6 is 0 Å². The third kappa shape index (κ3) is 6.22. The maximum atomic E-state index is 13.6. The van der Waals surface area contributed by atoms with Gasteiger partial charge in [0.15, 0.2) is 0 Å². The van der Waals surface area contributed by atoms with Crippen molar-refractivity contribution in [3.8, 4) is 0 Å². The van der Waals surface area contributed by atoms with Gasteiger partial charge >= 0.3 is 0 Å². The third-order valence-corrected chi connectivity index (χ3v) is 7.23. The first-order valence-corrected chi connectivity index (χ1v) is 11.9. The van der Waals surface area contributed by atoms with Crippen molar-refractivity contribution in [3.05, 3.63) is 12.2 Å². The van der Waals surface area contributed by atoms with Gasteiger partial charge in [0.25, 0.3) is 7.41 Å². The quantitative estimate of drug-likeness (QED) is 0.315. The van der Waals surface area contributed by atoms with Gasteiger partial charge in [-0.3, -0.25) is 9.59 Å². The lowest BCUT2D eigenvalue weighted by molar-refractivity contribution is -0.135. The molecule has 0 bridgehead atoms. The molecule has 4 atom stereocenters. The predicted molar refractivity (Wildman–Crippen MR) is 128 cm³/mol. The van der Waals surface area contributed by atoms with Crippen LogP contribution in [0.2, 0.25) is 5.31 Å². The van der Waals surface area contributed by atoms with Gasteiger partial charge in [-0.1, -0.05) is 53.2 Å². The molecule has 0 aromatic carbocycles. The van der Waals surface area contributed by atoms with E-state index in [0.717, 1.165) is 25.8 Å². The maximum Gasteiger partial charge on any atom is 0.266 e. The number of hydrogen-bond donors (Lipinski definition) is 1. The number of ether oxygens (including phenoxy) is 1. The largest absolute Gasteiger partial charge is 0.376 e. The van der Waals surface area contributed by atoms with Gasteiger partial charge in [0, 0.05) is 13.2 Å². The van der Waals surface area contributed by atoms with Crippen LogP contribution in [0.1, 0.15) is 74.7 Å². The lowest BCUT2D eigenvalue weighted by Crippen LogP contribution is -2.42. The van der Waals surface area contributed by atoms with Crippen molar-refractivity contribution in [2.24, 2.45) is 29.1 Å². The monoisotopic (exact) mass is 431 g/mol. The molecule has 1 radical (unpaired) electrons. The van der Waals surface area contributed by atoms with Gasteiger partial charge in [-0.15, -0.1) is 0 Å². The number of amides is 2. The minimum Gasteiger partial charge on any atom is -0.376 e. The van der Waals surface area contributed by atoms with Crippen LogP contribution in [0.3, 0.4) is 0 Å². The van der Waals surface area contributed by atoms with Gasteiger partial charge in [0.2, 0.25) is 11.8 Å².